The average Bonchev–Trinajstić information content (AvgIpc) is 2.27. The predicted molar refractivity (Wildman–Crippen MR) is 69.0 cm³/mol. The van der Waals surface area contributed by atoms with E-state index in [0.29, 0.717) is 5.56 Å². The highest BCUT2D eigenvalue weighted by Gasteiger charge is 2.21. The average molecular weight is 302 g/mol. The number of methoxy groups -OCH3 is 1. The molecule has 0 aliphatic heterocycles. The summed E-state index contributed by atoms with van der Waals surface area (Å²) in [7, 11) is 1.50. The molecule has 1 rings (SSSR count). The second-order valence-electron chi connectivity index (χ2n) is 4.09. The molecule has 0 saturated carbocycles. The van der Waals surface area contributed by atoms with Gasteiger partial charge in [-0.05, 0) is 35.0 Å². The van der Waals surface area contributed by atoms with Crippen molar-refractivity contribution in [3.8, 4) is 0 Å². The summed E-state index contributed by atoms with van der Waals surface area (Å²) in [5, 5.41) is 12.5. The molecule has 1 atom stereocenters. The highest BCUT2D eigenvalue weighted by atomic mass is 79.9. The van der Waals surface area contributed by atoms with Crippen molar-refractivity contribution in [2.75, 3.05) is 20.3 Å². The maximum Gasteiger partial charge on any atom is 0.252 e. The number of carbonyl (C=O) groups excluding carboxylic acids is 1. The SMILES string of the molecule is COCC(C)(O)CNC(=O)c1ccccc1Br. The smallest absolute Gasteiger partial charge is 0.252 e. The van der Waals surface area contributed by atoms with Crippen molar-refractivity contribution < 1.29 is 14.6 Å². The summed E-state index contributed by atoms with van der Waals surface area (Å²) in [5.41, 5.74) is -0.521. The van der Waals surface area contributed by atoms with Crippen LogP contribution in [0.15, 0.2) is 28.7 Å². The molecule has 1 unspecified atom stereocenters. The summed E-state index contributed by atoms with van der Waals surface area (Å²) >= 11 is 3.30. The minimum atomic E-state index is -1.06. The van der Waals surface area contributed by atoms with Gasteiger partial charge in [0.05, 0.1) is 12.2 Å². The van der Waals surface area contributed by atoms with Gasteiger partial charge in [-0.3, -0.25) is 4.79 Å². The van der Waals surface area contributed by atoms with Crippen LogP contribution in [-0.4, -0.2) is 36.9 Å². The van der Waals surface area contributed by atoms with Crippen LogP contribution in [0.25, 0.3) is 0 Å². The summed E-state index contributed by atoms with van der Waals surface area (Å²) in [5.74, 6) is -0.228. The van der Waals surface area contributed by atoms with E-state index in [1.54, 1.807) is 25.1 Å². The quantitative estimate of drug-likeness (QED) is 0.868. The number of nitrogens with one attached hydrogen (secondary N) is 1. The number of benzene rings is 1. The summed E-state index contributed by atoms with van der Waals surface area (Å²) in [4.78, 5) is 11.8. The Morgan fingerprint density at radius 3 is 2.76 bits per heavy atom. The number of hydrogen-bond acceptors (Lipinski definition) is 3. The molecule has 0 aliphatic carbocycles. The summed E-state index contributed by atoms with van der Waals surface area (Å²) < 4.78 is 5.58. The molecule has 2 N–H and O–H groups in total. The van der Waals surface area contributed by atoms with Gasteiger partial charge in [0.2, 0.25) is 0 Å². The number of amides is 1. The van der Waals surface area contributed by atoms with E-state index in [9.17, 15) is 9.90 Å². The zero-order chi connectivity index (χ0) is 12.9. The Morgan fingerprint density at radius 1 is 1.53 bits per heavy atom. The van der Waals surface area contributed by atoms with Gasteiger partial charge in [0.15, 0.2) is 0 Å². The highest BCUT2D eigenvalue weighted by molar-refractivity contribution is 9.10. The van der Waals surface area contributed by atoms with Crippen LogP contribution in [-0.2, 0) is 4.74 Å². The Bertz CT molecular complexity index is 393. The number of hydrogen-bond donors (Lipinski definition) is 2. The maximum atomic E-state index is 11.8. The molecule has 4 nitrogen and oxygen atoms in total. The standard InChI is InChI=1S/C12H16BrNO3/c1-12(16,8-17-2)7-14-11(15)9-5-3-4-6-10(9)13/h3-6,16H,7-8H2,1-2H3,(H,14,15). The van der Waals surface area contributed by atoms with Gasteiger partial charge in [-0.2, -0.15) is 0 Å². The van der Waals surface area contributed by atoms with Gasteiger partial charge in [-0.25, -0.2) is 0 Å². The fraction of sp³-hybridized carbons (Fsp3) is 0.417. The van der Waals surface area contributed by atoms with Crippen molar-refractivity contribution in [3.63, 3.8) is 0 Å². The molecule has 0 heterocycles. The predicted octanol–water partition coefficient (Wildman–Crippen LogP) is 1.58. The van der Waals surface area contributed by atoms with Gasteiger partial charge in [-0.1, -0.05) is 12.1 Å². The van der Waals surface area contributed by atoms with E-state index in [1.165, 1.54) is 7.11 Å². The Labute approximate surface area is 109 Å². The fourth-order valence-corrected chi connectivity index (χ4v) is 1.84. The van der Waals surface area contributed by atoms with Crippen LogP contribution in [0.5, 0.6) is 0 Å². The zero-order valence-electron chi connectivity index (χ0n) is 9.87. The maximum absolute atomic E-state index is 11.8. The lowest BCUT2D eigenvalue weighted by molar-refractivity contribution is -0.0147. The summed E-state index contributed by atoms with van der Waals surface area (Å²) in [6, 6.07) is 7.13. The topological polar surface area (TPSA) is 58.6 Å². The van der Waals surface area contributed by atoms with Gasteiger partial charge >= 0.3 is 0 Å². The van der Waals surface area contributed by atoms with Crippen molar-refractivity contribution in [2.45, 2.75) is 12.5 Å². The van der Waals surface area contributed by atoms with E-state index in [0.717, 1.165) is 4.47 Å². The second-order valence-corrected chi connectivity index (χ2v) is 4.95. The number of rotatable bonds is 5. The van der Waals surface area contributed by atoms with Gasteiger partial charge < -0.3 is 15.2 Å². The van der Waals surface area contributed by atoms with Crippen molar-refractivity contribution >= 4 is 21.8 Å². The molecule has 17 heavy (non-hydrogen) atoms. The first kappa shape index (κ1) is 14.2. The van der Waals surface area contributed by atoms with Crippen LogP contribution < -0.4 is 5.32 Å². The normalized spacial score (nSPS) is 14.1. The Morgan fingerprint density at radius 2 is 2.18 bits per heavy atom. The molecule has 1 amide bonds. The van der Waals surface area contributed by atoms with Crippen molar-refractivity contribution in [1.82, 2.24) is 5.32 Å². The van der Waals surface area contributed by atoms with E-state index in [4.69, 9.17) is 4.74 Å². The molecular formula is C12H16BrNO3. The van der Waals surface area contributed by atoms with Gasteiger partial charge in [-0.15, -0.1) is 0 Å². The number of aliphatic hydroxyl groups is 1. The van der Waals surface area contributed by atoms with Crippen LogP contribution in [0.2, 0.25) is 0 Å². The lowest BCUT2D eigenvalue weighted by Crippen LogP contribution is -2.43. The second kappa shape index (κ2) is 6.14. The largest absolute Gasteiger partial charge is 0.386 e. The Kier molecular flexibility index (Phi) is 5.11. The minimum Gasteiger partial charge on any atom is -0.386 e. The number of carbonyl (C=O) groups is 1. The van der Waals surface area contributed by atoms with Gasteiger partial charge in [0.1, 0.15) is 5.60 Å². The first-order valence-corrected chi connectivity index (χ1v) is 5.99. The third-order valence-electron chi connectivity index (χ3n) is 2.20. The molecule has 0 aromatic heterocycles. The Hall–Kier alpha value is -0.910. The Balaban J connectivity index is 2.59. The minimum absolute atomic E-state index is 0.140. The van der Waals surface area contributed by atoms with E-state index in [-0.39, 0.29) is 19.1 Å². The third kappa shape index (κ3) is 4.46. The molecule has 0 radical (unpaired) electrons. The molecule has 94 valence electrons. The lowest BCUT2D eigenvalue weighted by atomic mass is 10.1. The van der Waals surface area contributed by atoms with Crippen molar-refractivity contribution in [3.05, 3.63) is 34.3 Å². The third-order valence-corrected chi connectivity index (χ3v) is 2.90. The summed E-state index contributed by atoms with van der Waals surface area (Å²) in [6.07, 6.45) is 0. The van der Waals surface area contributed by atoms with Crippen LogP contribution >= 0.6 is 15.9 Å². The molecule has 5 heteroatoms. The first-order valence-electron chi connectivity index (χ1n) is 5.20. The molecule has 0 fully saturated rings. The number of halogens is 1. The van der Waals surface area contributed by atoms with E-state index >= 15 is 0 Å². The van der Waals surface area contributed by atoms with Crippen molar-refractivity contribution in [1.29, 1.82) is 0 Å². The van der Waals surface area contributed by atoms with E-state index in [1.807, 2.05) is 6.07 Å². The van der Waals surface area contributed by atoms with Crippen LogP contribution in [0.3, 0.4) is 0 Å². The fourth-order valence-electron chi connectivity index (χ4n) is 1.37. The summed E-state index contributed by atoms with van der Waals surface area (Å²) in [6.45, 7) is 1.92. The van der Waals surface area contributed by atoms with Crippen LogP contribution in [0, 0.1) is 0 Å². The molecule has 0 spiro atoms. The lowest BCUT2D eigenvalue weighted by Gasteiger charge is -2.22. The van der Waals surface area contributed by atoms with E-state index < -0.39 is 5.60 Å². The molecule has 1 aromatic carbocycles. The molecular weight excluding hydrogens is 286 g/mol. The molecule has 0 aliphatic rings. The van der Waals surface area contributed by atoms with Crippen LogP contribution in [0.1, 0.15) is 17.3 Å². The monoisotopic (exact) mass is 301 g/mol. The van der Waals surface area contributed by atoms with Gasteiger partial charge in [0, 0.05) is 18.1 Å². The van der Waals surface area contributed by atoms with Crippen LogP contribution in [0.4, 0.5) is 0 Å². The van der Waals surface area contributed by atoms with Gasteiger partial charge in [0.25, 0.3) is 5.91 Å². The van der Waals surface area contributed by atoms with Crippen molar-refractivity contribution in [2.24, 2.45) is 0 Å². The van der Waals surface area contributed by atoms with E-state index in [2.05, 4.69) is 21.2 Å². The first-order chi connectivity index (χ1) is 7.96. The molecule has 1 aromatic rings. The zero-order valence-corrected chi connectivity index (χ0v) is 11.5. The number of ether oxygens (including phenoxy) is 1. The molecule has 0 saturated heterocycles. The highest BCUT2D eigenvalue weighted by Crippen LogP contribution is 2.15. The molecule has 0 bridgehead atoms.